The molecule has 2 aliphatic heterocycles. The van der Waals surface area contributed by atoms with E-state index in [-0.39, 0.29) is 0 Å². The third-order valence-electron chi connectivity index (χ3n) is 4.04. The van der Waals surface area contributed by atoms with E-state index in [2.05, 4.69) is 44.2 Å². The van der Waals surface area contributed by atoms with Crippen LogP contribution in [0, 0.1) is 0 Å². The van der Waals surface area contributed by atoms with Gasteiger partial charge in [0.05, 0.1) is 22.8 Å². The van der Waals surface area contributed by atoms with E-state index in [0.29, 0.717) is 0 Å². The van der Waals surface area contributed by atoms with Gasteiger partial charge >= 0.3 is 57.9 Å². The van der Waals surface area contributed by atoms with E-state index in [4.69, 9.17) is 34.8 Å². The quantitative estimate of drug-likeness (QED) is 0.152. The second-order valence-electron chi connectivity index (χ2n) is 6.29. The van der Waals surface area contributed by atoms with Crippen molar-refractivity contribution in [3.63, 3.8) is 0 Å². The Morgan fingerprint density at radius 2 is 0.828 bits per heavy atom. The third kappa shape index (κ3) is 6.09. The van der Waals surface area contributed by atoms with E-state index in [1.807, 2.05) is 69.6 Å². The molecule has 2 N–H and O–H groups in total. The second kappa shape index (κ2) is 8.52. The number of hydrogen-bond donors (Lipinski definition) is 2. The van der Waals surface area contributed by atoms with Gasteiger partial charge < -0.3 is 9.97 Å². The molecule has 0 radical (unpaired) electrons. The summed E-state index contributed by atoms with van der Waals surface area (Å²) in [5.41, 5.74) is 7.86. The molecule has 29 heavy (non-hydrogen) atoms. The van der Waals surface area contributed by atoms with E-state index < -0.39 is 2.01 Å². The van der Waals surface area contributed by atoms with Crippen molar-refractivity contribution in [2.45, 2.75) is 2.01 Å². The first-order chi connectivity index (χ1) is 13.8. The fraction of sp³-hybridized carbons (Fsp3) is 0.0476. The summed E-state index contributed by atoms with van der Waals surface area (Å²) in [5.74, 6) is 0. The summed E-state index contributed by atoms with van der Waals surface area (Å²) < 4.78 is -1.14. The van der Waals surface area contributed by atoms with Gasteiger partial charge in [0.2, 0.25) is 0 Å². The van der Waals surface area contributed by atoms with Gasteiger partial charge in [-0.25, -0.2) is 9.97 Å². The van der Waals surface area contributed by atoms with Crippen LogP contribution in [0.4, 0.5) is 0 Å². The van der Waals surface area contributed by atoms with Crippen molar-refractivity contribution in [1.82, 2.24) is 19.9 Å². The Balaban J connectivity index is 0.000000369. The number of halogens is 3. The number of rotatable bonds is 0. The van der Waals surface area contributed by atoms with Crippen LogP contribution in [0.1, 0.15) is 22.8 Å². The Labute approximate surface area is 194 Å². The minimum absolute atomic E-state index is 0.939. The van der Waals surface area contributed by atoms with Gasteiger partial charge in [-0.2, -0.15) is 0 Å². The van der Waals surface area contributed by atoms with Gasteiger partial charge in [-0.3, -0.25) is 0 Å². The summed E-state index contributed by atoms with van der Waals surface area (Å²) in [6, 6.07) is 16.4. The van der Waals surface area contributed by atoms with E-state index in [1.54, 1.807) is 0 Å². The maximum absolute atomic E-state index is 5.04. The molecule has 0 spiro atoms. The summed E-state index contributed by atoms with van der Waals surface area (Å²) in [7, 11) is 0. The molecule has 8 heteroatoms. The average Bonchev–Trinajstić information content (AvgIpc) is 3.38. The van der Waals surface area contributed by atoms with Crippen LogP contribution in [-0.4, -0.2) is 21.9 Å². The van der Waals surface area contributed by atoms with Crippen LogP contribution in [0.3, 0.4) is 0 Å². The van der Waals surface area contributed by atoms with Crippen molar-refractivity contribution in [2.75, 3.05) is 0 Å². The van der Waals surface area contributed by atoms with Crippen LogP contribution < -0.4 is 0 Å². The molecule has 0 atom stereocenters. The van der Waals surface area contributed by atoms with Gasteiger partial charge in [0, 0.05) is 22.1 Å². The van der Waals surface area contributed by atoms with E-state index >= 15 is 0 Å². The Bertz CT molecular complexity index is 1090. The Hall–Kier alpha value is -1.79. The molecule has 5 rings (SSSR count). The number of aromatic nitrogens is 4. The molecule has 0 fully saturated rings. The van der Waals surface area contributed by atoms with Gasteiger partial charge in [-0.05, 0) is 72.8 Å². The van der Waals surface area contributed by atoms with Crippen LogP contribution in [0.25, 0.3) is 46.4 Å². The molecular weight excluding hydrogens is 612 g/mol. The predicted octanol–water partition coefficient (Wildman–Crippen LogP) is 6.52. The normalized spacial score (nSPS) is 12.6. The number of hydrogen-bond acceptors (Lipinski definition) is 2. The average molecular weight is 626 g/mol. The Kier molecular flexibility index (Phi) is 6.02. The van der Waals surface area contributed by atoms with Crippen LogP contribution in [0.15, 0.2) is 48.5 Å². The molecule has 0 unspecified atom stereocenters. The molecule has 3 aromatic heterocycles. The van der Waals surface area contributed by atoms with Gasteiger partial charge in [-0.15, -0.1) is 0 Å². The van der Waals surface area contributed by atoms with E-state index in [1.165, 1.54) is 0 Å². The van der Waals surface area contributed by atoms with Gasteiger partial charge in [0.15, 0.2) is 0 Å². The number of nitrogens with zero attached hydrogens (tertiary/aromatic N) is 2. The Morgan fingerprint density at radius 3 is 1.07 bits per heavy atom. The summed E-state index contributed by atoms with van der Waals surface area (Å²) >= 11 is 16.9. The van der Waals surface area contributed by atoms with Crippen molar-refractivity contribution in [2.24, 2.45) is 0 Å². The molecular formula is C21H14AuCl3N4. The molecule has 0 saturated carbocycles. The SMILES string of the molecule is C1=Cc2cc3ccc(cc4nc(cc5ccc(cc1n2)[nH]5)C=C4)[nH]3.Cl[C](Cl)(Cl)[Au]. The number of alkyl halides is 3. The number of aromatic amines is 2. The molecule has 4 nitrogen and oxygen atoms in total. The molecule has 5 heterocycles. The Morgan fingerprint density at radius 1 is 0.586 bits per heavy atom. The van der Waals surface area contributed by atoms with Crippen LogP contribution in [0.5, 0.6) is 0 Å². The number of nitrogens with one attached hydrogen (secondary N) is 2. The molecule has 2 aliphatic rings. The second-order valence-corrected chi connectivity index (χ2v) is 12.0. The van der Waals surface area contributed by atoms with Crippen molar-refractivity contribution in [1.29, 1.82) is 0 Å². The summed E-state index contributed by atoms with van der Waals surface area (Å²) in [6.07, 6.45) is 8.09. The first-order valence-electron chi connectivity index (χ1n) is 8.56. The maximum atomic E-state index is 5.04. The molecule has 0 saturated heterocycles. The topological polar surface area (TPSA) is 57.4 Å². The zero-order chi connectivity index (χ0) is 20.4. The standard InChI is InChI=1S/C20H14N4.CCl3.Au/c1-2-14-10-16-5-6-18(23-16)12-20-8-7-19(24-20)11-17-4-3-15(22-17)9-13(1)21-14;2-1(3)4;/h1-12,21,24H;;. The summed E-state index contributed by atoms with van der Waals surface area (Å²) in [6.45, 7) is 0. The molecule has 8 bridgehead atoms. The number of H-pyrrole nitrogens is 2. The van der Waals surface area contributed by atoms with E-state index in [0.717, 1.165) is 44.8 Å². The fourth-order valence-electron chi connectivity index (χ4n) is 2.94. The molecule has 0 aromatic carbocycles. The first-order valence-corrected chi connectivity index (χ1v) is 10.8. The molecule has 0 aliphatic carbocycles. The first kappa shape index (κ1) is 20.5. The zero-order valence-corrected chi connectivity index (χ0v) is 19.2. The van der Waals surface area contributed by atoms with Crippen molar-refractivity contribution < 1.29 is 21.1 Å². The van der Waals surface area contributed by atoms with Crippen LogP contribution >= 0.6 is 34.8 Å². The fourth-order valence-corrected chi connectivity index (χ4v) is 2.94. The van der Waals surface area contributed by atoms with Gasteiger partial charge in [-0.1, -0.05) is 0 Å². The van der Waals surface area contributed by atoms with Crippen LogP contribution in [0.2, 0.25) is 0 Å². The van der Waals surface area contributed by atoms with Gasteiger partial charge in [0.1, 0.15) is 0 Å². The molecule has 0 amide bonds. The predicted molar refractivity (Wildman–Crippen MR) is 119 cm³/mol. The number of fused-ring (bicyclic) bond motifs is 8. The molecule has 150 valence electrons. The van der Waals surface area contributed by atoms with Crippen molar-refractivity contribution >= 4 is 81.2 Å². The van der Waals surface area contributed by atoms with Crippen molar-refractivity contribution in [3.05, 3.63) is 71.3 Å². The summed E-state index contributed by atoms with van der Waals surface area (Å²) in [5, 5.41) is 0. The van der Waals surface area contributed by atoms with E-state index in [9.17, 15) is 0 Å². The summed E-state index contributed by atoms with van der Waals surface area (Å²) in [4.78, 5) is 16.0. The zero-order valence-electron chi connectivity index (χ0n) is 14.8. The van der Waals surface area contributed by atoms with Gasteiger partial charge in [0.25, 0.3) is 0 Å². The molecule has 3 aromatic rings. The van der Waals surface area contributed by atoms with Crippen LogP contribution in [-0.2, 0) is 21.1 Å². The minimum atomic E-state index is -1.14. The van der Waals surface area contributed by atoms with Crippen molar-refractivity contribution in [3.8, 4) is 0 Å². The third-order valence-corrected chi connectivity index (χ3v) is 4.04. The monoisotopic (exact) mass is 624 g/mol.